The van der Waals surface area contributed by atoms with E-state index in [4.69, 9.17) is 0 Å². The third-order valence-corrected chi connectivity index (χ3v) is 4.99. The summed E-state index contributed by atoms with van der Waals surface area (Å²) in [5, 5.41) is 0. The number of hydrogen-bond acceptors (Lipinski definition) is 4. The van der Waals surface area contributed by atoms with Gasteiger partial charge in [0.25, 0.3) is 5.92 Å². The van der Waals surface area contributed by atoms with Crippen LogP contribution in [0, 0.1) is 12.8 Å². The van der Waals surface area contributed by atoms with Crippen molar-refractivity contribution in [3.63, 3.8) is 0 Å². The molecule has 0 spiro atoms. The maximum Gasteiger partial charge on any atom is 0.251 e. The number of anilines is 1. The summed E-state index contributed by atoms with van der Waals surface area (Å²) in [5.74, 6) is -1.36. The lowest BCUT2D eigenvalue weighted by molar-refractivity contribution is -0.138. The molecule has 0 bridgehead atoms. The van der Waals surface area contributed by atoms with Crippen LogP contribution in [0.15, 0.2) is 12.4 Å². The summed E-state index contributed by atoms with van der Waals surface area (Å²) in [4.78, 5) is 24.8. The number of hydrogen-bond donors (Lipinski definition) is 0. The lowest BCUT2D eigenvalue weighted by atomic mass is 9.92. The van der Waals surface area contributed by atoms with Gasteiger partial charge in [-0.25, -0.2) is 13.8 Å². The van der Waals surface area contributed by atoms with Crippen molar-refractivity contribution in [2.24, 2.45) is 5.92 Å². The third kappa shape index (κ3) is 4.19. The van der Waals surface area contributed by atoms with Gasteiger partial charge < -0.3 is 9.80 Å². The van der Waals surface area contributed by atoms with Gasteiger partial charge in [-0.3, -0.25) is 9.78 Å². The van der Waals surface area contributed by atoms with E-state index in [1.165, 1.54) is 0 Å². The van der Waals surface area contributed by atoms with Crippen LogP contribution in [0.5, 0.6) is 0 Å². The Morgan fingerprint density at radius 2 is 1.88 bits per heavy atom. The lowest BCUT2D eigenvalue weighted by Gasteiger charge is -2.35. The number of nitrogens with zero attached hydrogens (tertiary/aromatic N) is 4. The number of likely N-dealkylation sites (tertiary alicyclic amines) is 1. The molecule has 1 amide bonds. The van der Waals surface area contributed by atoms with Gasteiger partial charge in [-0.2, -0.15) is 0 Å². The van der Waals surface area contributed by atoms with E-state index in [9.17, 15) is 13.6 Å². The molecule has 5 nitrogen and oxygen atoms in total. The fourth-order valence-corrected chi connectivity index (χ4v) is 3.43. The SMILES string of the molecule is Cc1cncc(N2CCC(CC(=O)N3CCC(F)(F)CC3)CC2)n1. The molecular formula is C17H24F2N4O. The van der Waals surface area contributed by atoms with E-state index in [2.05, 4.69) is 14.9 Å². The topological polar surface area (TPSA) is 49.3 Å². The molecule has 1 aromatic heterocycles. The first-order chi connectivity index (χ1) is 11.4. The summed E-state index contributed by atoms with van der Waals surface area (Å²) < 4.78 is 26.4. The molecule has 0 atom stereocenters. The molecule has 2 saturated heterocycles. The highest BCUT2D eigenvalue weighted by Gasteiger charge is 2.36. The monoisotopic (exact) mass is 338 g/mol. The second-order valence-corrected chi connectivity index (χ2v) is 6.89. The lowest BCUT2D eigenvalue weighted by Crippen LogP contribution is -2.44. The summed E-state index contributed by atoms with van der Waals surface area (Å²) >= 11 is 0. The average Bonchev–Trinajstić information content (AvgIpc) is 2.55. The fourth-order valence-electron chi connectivity index (χ4n) is 3.43. The summed E-state index contributed by atoms with van der Waals surface area (Å²) in [7, 11) is 0. The van der Waals surface area contributed by atoms with Crippen LogP contribution in [0.25, 0.3) is 0 Å². The van der Waals surface area contributed by atoms with Crippen LogP contribution in [0.1, 0.15) is 37.8 Å². The van der Waals surface area contributed by atoms with Crippen LogP contribution >= 0.6 is 0 Å². The molecule has 2 fully saturated rings. The minimum atomic E-state index is -2.60. The van der Waals surface area contributed by atoms with E-state index in [0.717, 1.165) is 37.4 Å². The van der Waals surface area contributed by atoms with Gasteiger partial charge in [0.15, 0.2) is 0 Å². The predicted octanol–water partition coefficient (Wildman–Crippen LogP) is 2.65. The number of piperidine rings is 2. The predicted molar refractivity (Wildman–Crippen MR) is 87.1 cm³/mol. The second-order valence-electron chi connectivity index (χ2n) is 6.89. The van der Waals surface area contributed by atoms with Crippen molar-refractivity contribution >= 4 is 11.7 Å². The Bertz CT molecular complexity index is 578. The van der Waals surface area contributed by atoms with Gasteiger partial charge >= 0.3 is 0 Å². The van der Waals surface area contributed by atoms with Crippen molar-refractivity contribution in [3.05, 3.63) is 18.1 Å². The Hall–Kier alpha value is -1.79. The van der Waals surface area contributed by atoms with Crippen LogP contribution in [-0.2, 0) is 4.79 Å². The number of halogens is 2. The average molecular weight is 338 g/mol. The van der Waals surface area contributed by atoms with E-state index in [1.807, 2.05) is 6.92 Å². The summed E-state index contributed by atoms with van der Waals surface area (Å²) in [6.45, 7) is 4.00. The highest BCUT2D eigenvalue weighted by atomic mass is 19.3. The molecule has 1 aromatic rings. The molecule has 132 valence electrons. The number of carbonyl (C=O) groups excluding carboxylic acids is 1. The summed E-state index contributed by atoms with van der Waals surface area (Å²) in [6.07, 6.45) is 5.41. The van der Waals surface area contributed by atoms with E-state index < -0.39 is 5.92 Å². The van der Waals surface area contributed by atoms with Crippen LogP contribution in [0.2, 0.25) is 0 Å². The molecule has 0 aromatic carbocycles. The highest BCUT2D eigenvalue weighted by Crippen LogP contribution is 2.29. The van der Waals surface area contributed by atoms with Crippen molar-refractivity contribution in [1.29, 1.82) is 0 Å². The van der Waals surface area contributed by atoms with Crippen molar-refractivity contribution in [1.82, 2.24) is 14.9 Å². The first kappa shape index (κ1) is 17.0. The fraction of sp³-hybridized carbons (Fsp3) is 0.706. The third-order valence-electron chi connectivity index (χ3n) is 4.99. The number of aromatic nitrogens is 2. The van der Waals surface area contributed by atoms with E-state index in [1.54, 1.807) is 17.3 Å². The van der Waals surface area contributed by atoms with Crippen molar-refractivity contribution in [3.8, 4) is 0 Å². The quantitative estimate of drug-likeness (QED) is 0.850. The molecule has 2 aliphatic rings. The molecule has 24 heavy (non-hydrogen) atoms. The molecule has 3 heterocycles. The van der Waals surface area contributed by atoms with Gasteiger partial charge in [0, 0.05) is 51.6 Å². The molecule has 2 aliphatic heterocycles. The van der Waals surface area contributed by atoms with Crippen LogP contribution in [0.3, 0.4) is 0 Å². The van der Waals surface area contributed by atoms with Gasteiger partial charge in [0.2, 0.25) is 5.91 Å². The van der Waals surface area contributed by atoms with Crippen molar-refractivity contribution < 1.29 is 13.6 Å². The van der Waals surface area contributed by atoms with Crippen LogP contribution < -0.4 is 4.90 Å². The Balaban J connectivity index is 1.46. The van der Waals surface area contributed by atoms with Gasteiger partial charge in [0.05, 0.1) is 11.9 Å². The normalized spacial score (nSPS) is 21.8. The van der Waals surface area contributed by atoms with E-state index >= 15 is 0 Å². The Morgan fingerprint density at radius 3 is 2.50 bits per heavy atom. The summed E-state index contributed by atoms with van der Waals surface area (Å²) in [6, 6.07) is 0. The molecule has 0 aliphatic carbocycles. The van der Waals surface area contributed by atoms with Gasteiger partial charge in [-0.15, -0.1) is 0 Å². The van der Waals surface area contributed by atoms with Crippen molar-refractivity contribution in [2.75, 3.05) is 31.1 Å². The summed E-state index contributed by atoms with van der Waals surface area (Å²) in [5.41, 5.74) is 0.895. The number of amides is 1. The number of carbonyl (C=O) groups is 1. The second kappa shape index (κ2) is 6.99. The van der Waals surface area contributed by atoms with Crippen LogP contribution in [0.4, 0.5) is 14.6 Å². The first-order valence-electron chi connectivity index (χ1n) is 8.62. The van der Waals surface area contributed by atoms with Gasteiger partial charge in [-0.05, 0) is 25.7 Å². The standard InChI is InChI=1S/C17H24F2N4O/c1-13-11-20-12-15(21-13)22-6-2-14(3-7-22)10-16(24)23-8-4-17(18,19)5-9-23/h11-12,14H,2-10H2,1H3. The zero-order valence-electron chi connectivity index (χ0n) is 14.0. The Kier molecular flexibility index (Phi) is 4.96. The highest BCUT2D eigenvalue weighted by molar-refractivity contribution is 5.76. The van der Waals surface area contributed by atoms with Crippen LogP contribution in [-0.4, -0.2) is 52.9 Å². The molecule has 0 N–H and O–H groups in total. The molecule has 0 saturated carbocycles. The number of alkyl halides is 2. The molecular weight excluding hydrogens is 314 g/mol. The Morgan fingerprint density at radius 1 is 1.21 bits per heavy atom. The largest absolute Gasteiger partial charge is 0.355 e. The molecule has 0 radical (unpaired) electrons. The maximum absolute atomic E-state index is 13.2. The first-order valence-corrected chi connectivity index (χ1v) is 8.62. The minimum absolute atomic E-state index is 0.0271. The van der Waals surface area contributed by atoms with Gasteiger partial charge in [-0.1, -0.05) is 0 Å². The van der Waals surface area contributed by atoms with E-state index in [0.29, 0.717) is 12.3 Å². The minimum Gasteiger partial charge on any atom is -0.355 e. The zero-order valence-corrected chi connectivity index (χ0v) is 14.0. The number of aryl methyl sites for hydroxylation is 1. The zero-order chi connectivity index (χ0) is 17.2. The van der Waals surface area contributed by atoms with Gasteiger partial charge in [0.1, 0.15) is 5.82 Å². The smallest absolute Gasteiger partial charge is 0.251 e. The number of rotatable bonds is 3. The molecule has 3 rings (SSSR count). The molecule has 7 heteroatoms. The maximum atomic E-state index is 13.2. The molecule has 0 unspecified atom stereocenters. The van der Waals surface area contributed by atoms with Crippen molar-refractivity contribution in [2.45, 2.75) is 45.0 Å². The Labute approximate surface area is 141 Å². The van der Waals surface area contributed by atoms with E-state index in [-0.39, 0.29) is 31.8 Å².